The molecule has 1 aliphatic carbocycles. The quantitative estimate of drug-likeness (QED) is 0.471. The lowest BCUT2D eigenvalue weighted by Crippen LogP contribution is -2.27. The van der Waals surface area contributed by atoms with Gasteiger partial charge in [-0.15, -0.1) is 11.3 Å². The lowest BCUT2D eigenvalue weighted by molar-refractivity contribution is -0.121. The highest BCUT2D eigenvalue weighted by molar-refractivity contribution is 7.18. The molecule has 8 nitrogen and oxygen atoms in total. The number of amides is 1. The molecule has 0 spiro atoms. The van der Waals surface area contributed by atoms with Crippen LogP contribution in [0.3, 0.4) is 0 Å². The Bertz CT molecular complexity index is 1310. The van der Waals surface area contributed by atoms with Gasteiger partial charge in [-0.05, 0) is 55.9 Å². The van der Waals surface area contributed by atoms with Gasteiger partial charge in [-0.2, -0.15) is 5.10 Å². The van der Waals surface area contributed by atoms with E-state index in [9.17, 15) is 9.59 Å². The molecule has 3 heterocycles. The van der Waals surface area contributed by atoms with Crippen LogP contribution in [0.15, 0.2) is 41.7 Å². The lowest BCUT2D eigenvalue weighted by Gasteiger charge is -2.15. The van der Waals surface area contributed by atoms with Gasteiger partial charge in [-0.1, -0.05) is 12.1 Å². The van der Waals surface area contributed by atoms with Crippen LogP contribution in [0.25, 0.3) is 15.9 Å². The first-order valence-electron chi connectivity index (χ1n) is 10.9. The molecule has 0 fully saturated rings. The number of rotatable bonds is 6. The van der Waals surface area contributed by atoms with Crippen LogP contribution in [0.4, 0.5) is 0 Å². The second-order valence-corrected chi connectivity index (χ2v) is 9.21. The molecule has 1 aliphatic rings. The van der Waals surface area contributed by atoms with E-state index in [1.165, 1.54) is 23.2 Å². The van der Waals surface area contributed by atoms with Crippen LogP contribution in [-0.2, 0) is 24.1 Å². The zero-order valence-electron chi connectivity index (χ0n) is 17.8. The second kappa shape index (κ2) is 8.66. The highest BCUT2D eigenvalue weighted by Crippen LogP contribution is 2.33. The number of hydrogen-bond donors (Lipinski definition) is 2. The maximum absolute atomic E-state index is 12.7. The summed E-state index contributed by atoms with van der Waals surface area (Å²) >= 11 is 1.63. The zero-order valence-corrected chi connectivity index (χ0v) is 18.6. The summed E-state index contributed by atoms with van der Waals surface area (Å²) < 4.78 is 1.68. The molecule has 2 N–H and O–H groups in total. The third-order valence-corrected chi connectivity index (χ3v) is 7.10. The van der Waals surface area contributed by atoms with Crippen molar-refractivity contribution in [3.63, 3.8) is 0 Å². The molecule has 4 aromatic rings. The number of fused-ring (bicyclic) bond motifs is 3. The Labute approximate surface area is 188 Å². The van der Waals surface area contributed by atoms with Crippen molar-refractivity contribution >= 4 is 27.5 Å². The molecular formula is C23H24N6O2S. The molecule has 1 aromatic carbocycles. The van der Waals surface area contributed by atoms with Gasteiger partial charge in [0.2, 0.25) is 5.91 Å². The zero-order chi connectivity index (χ0) is 22.1. The number of H-pyrrole nitrogens is 1. The van der Waals surface area contributed by atoms with Crippen LogP contribution < -0.4 is 10.9 Å². The predicted octanol–water partition coefficient (Wildman–Crippen LogP) is 3.25. The van der Waals surface area contributed by atoms with E-state index < -0.39 is 0 Å². The monoisotopic (exact) mass is 448 g/mol. The van der Waals surface area contributed by atoms with Crippen molar-refractivity contribution in [2.75, 3.05) is 0 Å². The van der Waals surface area contributed by atoms with Crippen LogP contribution >= 0.6 is 11.3 Å². The Kier molecular flexibility index (Phi) is 5.57. The topological polar surface area (TPSA) is 106 Å². The molecule has 1 atom stereocenters. The molecule has 0 saturated carbocycles. The highest BCUT2D eigenvalue weighted by Gasteiger charge is 2.20. The van der Waals surface area contributed by atoms with Gasteiger partial charge < -0.3 is 10.3 Å². The van der Waals surface area contributed by atoms with E-state index in [2.05, 4.69) is 25.4 Å². The molecule has 0 radical (unpaired) electrons. The van der Waals surface area contributed by atoms with Crippen molar-refractivity contribution in [3.05, 3.63) is 69.1 Å². The van der Waals surface area contributed by atoms with E-state index in [-0.39, 0.29) is 23.9 Å². The largest absolute Gasteiger partial charge is 0.350 e. The first-order chi connectivity index (χ1) is 15.6. The summed E-state index contributed by atoms with van der Waals surface area (Å²) in [7, 11) is 0. The maximum atomic E-state index is 12.7. The standard InChI is InChI=1S/C23H24N6O2S/c1-14(15-6-8-16(9-7-15)29-13-24-12-25-29)26-20(30)11-10-19-27-22(31)21-17-4-2-3-5-18(17)32-23(21)28-19/h6-9,12-14H,2-5,10-11H2,1H3,(H,26,30)(H,27,28,31). The number of thiophene rings is 1. The number of nitrogens with zero attached hydrogens (tertiary/aromatic N) is 4. The molecule has 9 heteroatoms. The Morgan fingerprint density at radius 1 is 1.25 bits per heavy atom. The third-order valence-electron chi connectivity index (χ3n) is 5.92. The molecule has 0 bridgehead atoms. The van der Waals surface area contributed by atoms with Crippen LogP contribution in [0, 0.1) is 0 Å². The smallest absolute Gasteiger partial charge is 0.259 e. The molecule has 3 aromatic heterocycles. The summed E-state index contributed by atoms with van der Waals surface area (Å²) in [6.07, 6.45) is 8.08. The molecule has 164 valence electrons. The molecule has 1 amide bonds. The van der Waals surface area contributed by atoms with Gasteiger partial charge in [0.05, 0.1) is 17.1 Å². The Morgan fingerprint density at radius 2 is 2.06 bits per heavy atom. The van der Waals surface area contributed by atoms with Gasteiger partial charge in [0.25, 0.3) is 5.56 Å². The highest BCUT2D eigenvalue weighted by atomic mass is 32.1. The van der Waals surface area contributed by atoms with Gasteiger partial charge in [-0.3, -0.25) is 9.59 Å². The van der Waals surface area contributed by atoms with Crippen LogP contribution in [0.5, 0.6) is 0 Å². The van der Waals surface area contributed by atoms with E-state index in [0.29, 0.717) is 12.2 Å². The van der Waals surface area contributed by atoms with Crippen molar-refractivity contribution in [3.8, 4) is 5.69 Å². The Hall–Kier alpha value is -3.33. The average molecular weight is 449 g/mol. The minimum absolute atomic E-state index is 0.0777. The van der Waals surface area contributed by atoms with E-state index in [1.807, 2.05) is 31.2 Å². The van der Waals surface area contributed by atoms with Crippen molar-refractivity contribution in [1.82, 2.24) is 30.0 Å². The second-order valence-electron chi connectivity index (χ2n) is 8.12. The fourth-order valence-electron chi connectivity index (χ4n) is 4.21. The maximum Gasteiger partial charge on any atom is 0.259 e. The van der Waals surface area contributed by atoms with Gasteiger partial charge in [-0.25, -0.2) is 14.6 Å². The van der Waals surface area contributed by atoms with E-state index >= 15 is 0 Å². The number of nitrogens with one attached hydrogen (secondary N) is 2. The predicted molar refractivity (Wildman–Crippen MR) is 123 cm³/mol. The summed E-state index contributed by atoms with van der Waals surface area (Å²) in [5.74, 6) is 0.493. The lowest BCUT2D eigenvalue weighted by atomic mass is 9.97. The third kappa shape index (κ3) is 4.08. The summed E-state index contributed by atoms with van der Waals surface area (Å²) in [5.41, 5.74) is 3.01. The fraction of sp³-hybridized carbons (Fsp3) is 0.348. The number of aromatic nitrogens is 5. The number of benzene rings is 1. The summed E-state index contributed by atoms with van der Waals surface area (Å²) in [4.78, 5) is 38.8. The van der Waals surface area contributed by atoms with Crippen LogP contribution in [0.2, 0.25) is 0 Å². The van der Waals surface area contributed by atoms with Crippen LogP contribution in [0.1, 0.15) is 54.1 Å². The first kappa shape index (κ1) is 20.6. The number of carbonyl (C=O) groups excluding carboxylic acids is 1. The average Bonchev–Trinajstić information content (AvgIpc) is 3.46. The number of aryl methyl sites for hydroxylation is 3. The summed E-state index contributed by atoms with van der Waals surface area (Å²) in [6, 6.07) is 7.68. The molecule has 0 aliphatic heterocycles. The van der Waals surface area contributed by atoms with E-state index in [0.717, 1.165) is 40.7 Å². The number of aromatic amines is 1. The van der Waals surface area contributed by atoms with Crippen molar-refractivity contribution < 1.29 is 4.79 Å². The number of hydrogen-bond acceptors (Lipinski definition) is 6. The van der Waals surface area contributed by atoms with Crippen molar-refractivity contribution in [2.45, 2.75) is 51.5 Å². The minimum Gasteiger partial charge on any atom is -0.350 e. The SMILES string of the molecule is CC(NC(=O)CCc1nc2sc3c(c2c(=O)[nH]1)CCCC3)c1ccc(-n2cncn2)cc1. The van der Waals surface area contributed by atoms with Crippen LogP contribution in [-0.4, -0.2) is 30.6 Å². The first-order valence-corrected chi connectivity index (χ1v) is 11.7. The van der Waals surface area contributed by atoms with Crippen molar-refractivity contribution in [2.24, 2.45) is 0 Å². The Balaban J connectivity index is 1.22. The van der Waals surface area contributed by atoms with E-state index in [1.54, 1.807) is 22.3 Å². The van der Waals surface area contributed by atoms with Gasteiger partial charge in [0.15, 0.2) is 0 Å². The van der Waals surface area contributed by atoms with Crippen molar-refractivity contribution in [1.29, 1.82) is 0 Å². The van der Waals surface area contributed by atoms with E-state index in [4.69, 9.17) is 0 Å². The molecule has 1 unspecified atom stereocenters. The van der Waals surface area contributed by atoms with Gasteiger partial charge in [0, 0.05) is 17.7 Å². The van der Waals surface area contributed by atoms with Gasteiger partial charge >= 0.3 is 0 Å². The molecule has 32 heavy (non-hydrogen) atoms. The summed E-state index contributed by atoms with van der Waals surface area (Å²) in [5, 5.41) is 7.88. The molecular weight excluding hydrogens is 424 g/mol. The number of carbonyl (C=O) groups is 1. The van der Waals surface area contributed by atoms with Gasteiger partial charge in [0.1, 0.15) is 23.3 Å². The normalized spacial score (nSPS) is 14.3. The molecule has 5 rings (SSSR count). The minimum atomic E-state index is -0.134. The summed E-state index contributed by atoms with van der Waals surface area (Å²) in [6.45, 7) is 1.95. The fourth-order valence-corrected chi connectivity index (χ4v) is 5.49. The molecule has 0 saturated heterocycles. The Morgan fingerprint density at radius 3 is 2.84 bits per heavy atom.